The molecule has 0 heterocycles. The number of imide groups is 1. The summed E-state index contributed by atoms with van der Waals surface area (Å²) in [4.78, 5) is 35.4. The third-order valence-corrected chi connectivity index (χ3v) is 8.23. The second-order valence-corrected chi connectivity index (χ2v) is 10.6. The summed E-state index contributed by atoms with van der Waals surface area (Å²) in [6.45, 7) is 13.9. The lowest BCUT2D eigenvalue weighted by Gasteiger charge is -2.60. The fraction of sp³-hybridized carbons (Fsp3) is 0.708. The molecule has 0 aliphatic heterocycles. The van der Waals surface area contributed by atoms with Gasteiger partial charge in [-0.25, -0.2) is 4.79 Å². The standard InChI is InChI=1S/C24H35NO5/c1-7-23(5)12-10-17-16(14-23)8-9-18-22(3,4)19(11-13-24(17,18)6)30-21(28)20(27)25(29)15(2)26/h7,10,16,18-19,29H,1,8-9,11-14H2,2-6H3/t16-,18+,19+,23+,24-/m0/s1. The van der Waals surface area contributed by atoms with Crippen molar-refractivity contribution in [1.29, 1.82) is 0 Å². The number of esters is 1. The molecule has 3 aliphatic rings. The number of hydroxylamine groups is 2. The van der Waals surface area contributed by atoms with E-state index in [1.54, 1.807) is 5.57 Å². The van der Waals surface area contributed by atoms with Crippen molar-refractivity contribution in [3.05, 3.63) is 24.3 Å². The average molecular weight is 418 g/mol. The summed E-state index contributed by atoms with van der Waals surface area (Å²) in [5.41, 5.74) is 1.42. The summed E-state index contributed by atoms with van der Waals surface area (Å²) in [5.74, 6) is -2.55. The van der Waals surface area contributed by atoms with Gasteiger partial charge in [0.15, 0.2) is 0 Å². The second-order valence-electron chi connectivity index (χ2n) is 10.6. The first-order valence-electron chi connectivity index (χ1n) is 10.9. The zero-order chi connectivity index (χ0) is 22.5. The number of amides is 2. The van der Waals surface area contributed by atoms with Crippen LogP contribution in [0.1, 0.15) is 73.1 Å². The third kappa shape index (κ3) is 3.64. The van der Waals surface area contributed by atoms with Crippen LogP contribution in [0.25, 0.3) is 0 Å². The lowest BCUT2D eigenvalue weighted by molar-refractivity contribution is -0.195. The van der Waals surface area contributed by atoms with E-state index in [2.05, 4.69) is 46.4 Å². The molecule has 6 nitrogen and oxygen atoms in total. The van der Waals surface area contributed by atoms with Crippen LogP contribution in [-0.4, -0.2) is 34.2 Å². The van der Waals surface area contributed by atoms with Gasteiger partial charge in [0.05, 0.1) is 0 Å². The molecule has 2 fully saturated rings. The summed E-state index contributed by atoms with van der Waals surface area (Å²) in [6.07, 6.45) is 9.91. The van der Waals surface area contributed by atoms with Gasteiger partial charge in [-0.1, -0.05) is 45.4 Å². The summed E-state index contributed by atoms with van der Waals surface area (Å²) >= 11 is 0. The van der Waals surface area contributed by atoms with Crippen LogP contribution < -0.4 is 0 Å². The first-order chi connectivity index (χ1) is 13.9. The van der Waals surface area contributed by atoms with Crippen LogP contribution in [0.15, 0.2) is 24.3 Å². The molecule has 166 valence electrons. The van der Waals surface area contributed by atoms with E-state index in [1.807, 2.05) is 0 Å². The Labute approximate surface area is 179 Å². The molecule has 3 rings (SSSR count). The molecule has 0 unspecified atom stereocenters. The van der Waals surface area contributed by atoms with Crippen LogP contribution in [0.5, 0.6) is 0 Å². The summed E-state index contributed by atoms with van der Waals surface area (Å²) in [6, 6.07) is 0. The molecule has 6 heteroatoms. The van der Waals surface area contributed by atoms with Gasteiger partial charge in [0.25, 0.3) is 5.91 Å². The van der Waals surface area contributed by atoms with Gasteiger partial charge in [-0.3, -0.25) is 14.8 Å². The number of nitrogens with zero attached hydrogens (tertiary/aromatic N) is 1. The predicted molar refractivity (Wildman–Crippen MR) is 112 cm³/mol. The van der Waals surface area contributed by atoms with E-state index in [1.165, 1.54) is 0 Å². The Bertz CT molecular complexity index is 799. The van der Waals surface area contributed by atoms with Gasteiger partial charge in [-0.15, -0.1) is 11.6 Å². The highest BCUT2D eigenvalue weighted by Gasteiger charge is 2.57. The summed E-state index contributed by atoms with van der Waals surface area (Å²) in [7, 11) is 0. The Morgan fingerprint density at radius 2 is 1.87 bits per heavy atom. The third-order valence-electron chi connectivity index (χ3n) is 8.23. The van der Waals surface area contributed by atoms with Crippen LogP contribution in [-0.2, 0) is 19.1 Å². The monoisotopic (exact) mass is 417 g/mol. The minimum absolute atomic E-state index is 0.0459. The molecule has 2 amide bonds. The summed E-state index contributed by atoms with van der Waals surface area (Å²) in [5, 5.41) is 9.28. The Morgan fingerprint density at radius 3 is 2.47 bits per heavy atom. The van der Waals surface area contributed by atoms with Crippen molar-refractivity contribution in [2.75, 3.05) is 0 Å². The molecule has 5 atom stereocenters. The number of hydrogen-bond acceptors (Lipinski definition) is 5. The van der Waals surface area contributed by atoms with Crippen LogP contribution in [0, 0.1) is 28.1 Å². The number of allylic oxidation sites excluding steroid dienone is 3. The lowest BCUT2D eigenvalue weighted by atomic mass is 9.46. The zero-order valence-corrected chi connectivity index (χ0v) is 18.9. The van der Waals surface area contributed by atoms with E-state index in [0.717, 1.165) is 39.0 Å². The predicted octanol–water partition coefficient (Wildman–Crippen LogP) is 4.43. The fourth-order valence-electron chi connectivity index (χ4n) is 6.44. The van der Waals surface area contributed by atoms with E-state index >= 15 is 0 Å². The minimum Gasteiger partial charge on any atom is -0.455 e. The lowest BCUT2D eigenvalue weighted by Crippen LogP contribution is -2.55. The van der Waals surface area contributed by atoms with E-state index in [9.17, 15) is 19.6 Å². The van der Waals surface area contributed by atoms with Gasteiger partial charge in [-0.05, 0) is 61.2 Å². The molecule has 0 saturated heterocycles. The molecular formula is C24H35NO5. The fourth-order valence-corrected chi connectivity index (χ4v) is 6.44. The Hall–Kier alpha value is -1.95. The molecule has 0 aromatic carbocycles. The zero-order valence-electron chi connectivity index (χ0n) is 18.9. The van der Waals surface area contributed by atoms with Crippen molar-refractivity contribution >= 4 is 17.8 Å². The first-order valence-corrected chi connectivity index (χ1v) is 10.9. The van der Waals surface area contributed by atoms with Crippen molar-refractivity contribution in [3.8, 4) is 0 Å². The Balaban J connectivity index is 1.81. The molecule has 2 saturated carbocycles. The van der Waals surface area contributed by atoms with E-state index in [-0.39, 0.29) is 21.3 Å². The molecule has 0 bridgehead atoms. The van der Waals surface area contributed by atoms with Crippen molar-refractivity contribution in [2.45, 2.75) is 79.2 Å². The van der Waals surface area contributed by atoms with Crippen molar-refractivity contribution < 1.29 is 24.3 Å². The molecule has 1 N–H and O–H groups in total. The minimum atomic E-state index is -1.34. The molecule has 0 spiro atoms. The smallest absolute Gasteiger partial charge is 0.400 e. The van der Waals surface area contributed by atoms with Crippen LogP contribution in [0.3, 0.4) is 0 Å². The Kier molecular flexibility index (Phi) is 5.78. The van der Waals surface area contributed by atoms with Crippen molar-refractivity contribution in [1.82, 2.24) is 5.06 Å². The topological polar surface area (TPSA) is 83.9 Å². The number of rotatable bonds is 2. The van der Waals surface area contributed by atoms with Gasteiger partial charge in [0, 0.05) is 12.3 Å². The molecule has 0 aromatic heterocycles. The molecule has 30 heavy (non-hydrogen) atoms. The van der Waals surface area contributed by atoms with Crippen LogP contribution in [0.2, 0.25) is 0 Å². The van der Waals surface area contributed by atoms with Gasteiger partial charge in [0.2, 0.25) is 0 Å². The average Bonchev–Trinajstić information content (AvgIpc) is 2.68. The van der Waals surface area contributed by atoms with Gasteiger partial charge in [0.1, 0.15) is 6.10 Å². The van der Waals surface area contributed by atoms with E-state index < -0.39 is 23.9 Å². The number of fused-ring (bicyclic) bond motifs is 3. The second kappa shape index (κ2) is 7.63. The number of carbonyl (C=O) groups excluding carboxylic acids is 3. The number of ether oxygens (including phenoxy) is 1. The highest BCUT2D eigenvalue weighted by Crippen LogP contribution is 2.64. The molecule has 0 aromatic rings. The van der Waals surface area contributed by atoms with Crippen molar-refractivity contribution in [3.63, 3.8) is 0 Å². The number of carbonyl (C=O) groups is 3. The van der Waals surface area contributed by atoms with E-state index in [4.69, 9.17) is 4.74 Å². The molecule has 3 aliphatic carbocycles. The maximum absolute atomic E-state index is 12.3. The van der Waals surface area contributed by atoms with Crippen LogP contribution >= 0.6 is 0 Å². The van der Waals surface area contributed by atoms with Gasteiger partial charge < -0.3 is 4.74 Å². The quantitative estimate of drug-likeness (QED) is 0.236. The van der Waals surface area contributed by atoms with E-state index in [0.29, 0.717) is 18.3 Å². The maximum Gasteiger partial charge on any atom is 0.400 e. The van der Waals surface area contributed by atoms with Crippen molar-refractivity contribution in [2.24, 2.45) is 28.1 Å². The largest absolute Gasteiger partial charge is 0.455 e. The first kappa shape index (κ1) is 22.7. The normalized spacial score (nSPS) is 37.1. The van der Waals surface area contributed by atoms with Gasteiger partial charge in [-0.2, -0.15) is 0 Å². The Morgan fingerprint density at radius 1 is 1.20 bits per heavy atom. The highest BCUT2D eigenvalue weighted by atomic mass is 16.6. The summed E-state index contributed by atoms with van der Waals surface area (Å²) < 4.78 is 5.55. The number of hydrogen-bond donors (Lipinski definition) is 1. The molecular weight excluding hydrogens is 382 g/mol. The highest BCUT2D eigenvalue weighted by molar-refractivity contribution is 6.34. The SMILES string of the molecule is C=C[C@]1(C)CC=C2[C@@H](CC[C@@H]3C(C)(C)[C@H](OC(=O)C(=O)N(O)C(C)=O)CC[C@@]23C)C1. The van der Waals surface area contributed by atoms with Gasteiger partial charge >= 0.3 is 11.9 Å². The van der Waals surface area contributed by atoms with Crippen LogP contribution in [0.4, 0.5) is 0 Å². The maximum atomic E-state index is 12.3. The molecule has 0 radical (unpaired) electrons.